The molecule has 27 heavy (non-hydrogen) atoms. The van der Waals surface area contributed by atoms with E-state index in [2.05, 4.69) is 28.8 Å². The van der Waals surface area contributed by atoms with Crippen LogP contribution in [0.25, 0.3) is 21.9 Å². The van der Waals surface area contributed by atoms with Crippen molar-refractivity contribution in [1.29, 1.82) is 0 Å². The second-order valence-corrected chi connectivity index (χ2v) is 6.36. The minimum atomic E-state index is -0.216. The Morgan fingerprint density at radius 3 is 2.30 bits per heavy atom. The number of anilines is 1. The first-order chi connectivity index (χ1) is 13.3. The van der Waals surface area contributed by atoms with Gasteiger partial charge in [0, 0.05) is 12.1 Å². The van der Waals surface area contributed by atoms with Gasteiger partial charge in [-0.05, 0) is 28.0 Å². The van der Waals surface area contributed by atoms with Gasteiger partial charge in [-0.2, -0.15) is 0 Å². The number of nitrogens with one attached hydrogen (secondary N) is 2. The van der Waals surface area contributed by atoms with Crippen LogP contribution in [-0.2, 0) is 6.54 Å². The van der Waals surface area contributed by atoms with E-state index in [4.69, 9.17) is 0 Å². The summed E-state index contributed by atoms with van der Waals surface area (Å²) in [5.74, 6) is 0. The number of carbonyl (C=O) groups excluding carboxylic acids is 1. The fourth-order valence-corrected chi connectivity index (χ4v) is 3.25. The van der Waals surface area contributed by atoms with E-state index in [1.165, 1.54) is 5.39 Å². The number of rotatable bonds is 4. The number of fused-ring (bicyclic) bond motifs is 1. The van der Waals surface area contributed by atoms with Gasteiger partial charge in [0.2, 0.25) is 0 Å². The molecule has 2 amide bonds. The molecule has 3 nitrogen and oxygen atoms in total. The summed E-state index contributed by atoms with van der Waals surface area (Å²) in [6, 6.07) is 32.0. The van der Waals surface area contributed by atoms with Crippen molar-refractivity contribution in [3.63, 3.8) is 0 Å². The number of para-hydroxylation sites is 1. The molecular formula is C24H20N2O. The van der Waals surface area contributed by atoms with Gasteiger partial charge in [-0.15, -0.1) is 0 Å². The molecule has 0 aliphatic rings. The molecule has 0 radical (unpaired) electrons. The van der Waals surface area contributed by atoms with Crippen molar-refractivity contribution in [3.05, 3.63) is 103 Å². The van der Waals surface area contributed by atoms with Gasteiger partial charge >= 0.3 is 6.03 Å². The molecule has 0 unspecified atom stereocenters. The third kappa shape index (κ3) is 3.82. The number of carbonyl (C=O) groups is 1. The standard InChI is InChI=1S/C24H20N2O/c27-24(25-17-20-13-8-12-18-11-4-5-14-21(18)20)26-23-16-7-6-15-22(23)19-9-2-1-3-10-19/h1-16H,17H2,(H2,25,26,27). The summed E-state index contributed by atoms with van der Waals surface area (Å²) >= 11 is 0. The van der Waals surface area contributed by atoms with Crippen molar-refractivity contribution in [2.24, 2.45) is 0 Å². The minimum absolute atomic E-state index is 0.216. The third-order valence-electron chi connectivity index (χ3n) is 4.58. The Morgan fingerprint density at radius 2 is 1.41 bits per heavy atom. The molecule has 0 saturated heterocycles. The molecule has 0 aromatic heterocycles. The van der Waals surface area contributed by atoms with Crippen LogP contribution in [-0.4, -0.2) is 6.03 Å². The lowest BCUT2D eigenvalue weighted by Crippen LogP contribution is -2.28. The summed E-state index contributed by atoms with van der Waals surface area (Å²) in [5.41, 5.74) is 3.96. The lowest BCUT2D eigenvalue weighted by molar-refractivity contribution is 0.252. The van der Waals surface area contributed by atoms with Crippen LogP contribution >= 0.6 is 0 Å². The number of benzene rings is 4. The number of hydrogen-bond acceptors (Lipinski definition) is 1. The van der Waals surface area contributed by atoms with Crippen LogP contribution in [0.4, 0.5) is 10.5 Å². The van der Waals surface area contributed by atoms with E-state index >= 15 is 0 Å². The van der Waals surface area contributed by atoms with Crippen LogP contribution in [0, 0.1) is 0 Å². The quantitative estimate of drug-likeness (QED) is 0.477. The molecule has 4 aromatic rings. The fraction of sp³-hybridized carbons (Fsp3) is 0.0417. The summed E-state index contributed by atoms with van der Waals surface area (Å²) in [7, 11) is 0. The molecule has 132 valence electrons. The van der Waals surface area contributed by atoms with E-state index in [0.29, 0.717) is 6.54 Å². The number of urea groups is 1. The van der Waals surface area contributed by atoms with Crippen LogP contribution in [0.5, 0.6) is 0 Å². The molecule has 0 atom stereocenters. The Balaban J connectivity index is 1.49. The van der Waals surface area contributed by atoms with Crippen molar-refractivity contribution in [1.82, 2.24) is 5.32 Å². The summed E-state index contributed by atoms with van der Waals surface area (Å²) < 4.78 is 0. The molecule has 0 bridgehead atoms. The lowest BCUT2D eigenvalue weighted by Gasteiger charge is -2.13. The fourth-order valence-electron chi connectivity index (χ4n) is 3.25. The molecule has 4 rings (SSSR count). The van der Waals surface area contributed by atoms with Crippen LogP contribution in [0.2, 0.25) is 0 Å². The zero-order chi connectivity index (χ0) is 18.5. The highest BCUT2D eigenvalue weighted by molar-refractivity contribution is 5.94. The first-order valence-electron chi connectivity index (χ1n) is 8.97. The first-order valence-corrected chi connectivity index (χ1v) is 8.97. The molecular weight excluding hydrogens is 332 g/mol. The maximum absolute atomic E-state index is 12.5. The predicted molar refractivity (Wildman–Crippen MR) is 112 cm³/mol. The van der Waals surface area contributed by atoms with Gasteiger partial charge in [-0.1, -0.05) is 91.0 Å². The summed E-state index contributed by atoms with van der Waals surface area (Å²) in [6.45, 7) is 0.473. The van der Waals surface area contributed by atoms with E-state index in [1.807, 2.05) is 78.9 Å². The van der Waals surface area contributed by atoms with Crippen LogP contribution in [0.1, 0.15) is 5.56 Å². The maximum atomic E-state index is 12.5. The van der Waals surface area contributed by atoms with Crippen molar-refractivity contribution < 1.29 is 4.79 Å². The first kappa shape index (κ1) is 16.9. The van der Waals surface area contributed by atoms with E-state index < -0.39 is 0 Å². The molecule has 4 aromatic carbocycles. The van der Waals surface area contributed by atoms with E-state index in [-0.39, 0.29) is 6.03 Å². The number of hydrogen-bond donors (Lipinski definition) is 2. The summed E-state index contributed by atoms with van der Waals surface area (Å²) in [6.07, 6.45) is 0. The monoisotopic (exact) mass is 352 g/mol. The largest absolute Gasteiger partial charge is 0.334 e. The molecule has 0 heterocycles. The zero-order valence-corrected chi connectivity index (χ0v) is 14.9. The zero-order valence-electron chi connectivity index (χ0n) is 14.9. The van der Waals surface area contributed by atoms with Crippen molar-refractivity contribution in [3.8, 4) is 11.1 Å². The summed E-state index contributed by atoms with van der Waals surface area (Å²) in [4.78, 5) is 12.5. The average Bonchev–Trinajstić information content (AvgIpc) is 2.73. The SMILES string of the molecule is O=C(NCc1cccc2ccccc12)Nc1ccccc1-c1ccccc1. The van der Waals surface area contributed by atoms with E-state index in [9.17, 15) is 4.79 Å². The predicted octanol–water partition coefficient (Wildman–Crippen LogP) is 5.83. The highest BCUT2D eigenvalue weighted by Gasteiger charge is 2.08. The van der Waals surface area contributed by atoms with Gasteiger partial charge in [-0.25, -0.2) is 4.79 Å². The van der Waals surface area contributed by atoms with Crippen molar-refractivity contribution >= 4 is 22.5 Å². The molecule has 0 fully saturated rings. The normalized spacial score (nSPS) is 10.5. The number of amides is 2. The highest BCUT2D eigenvalue weighted by Crippen LogP contribution is 2.27. The highest BCUT2D eigenvalue weighted by atomic mass is 16.2. The van der Waals surface area contributed by atoms with Crippen molar-refractivity contribution in [2.75, 3.05) is 5.32 Å². The second-order valence-electron chi connectivity index (χ2n) is 6.36. The molecule has 2 N–H and O–H groups in total. The van der Waals surface area contributed by atoms with Gasteiger partial charge in [-0.3, -0.25) is 0 Å². The van der Waals surface area contributed by atoms with Gasteiger partial charge in [0.25, 0.3) is 0 Å². The average molecular weight is 352 g/mol. The minimum Gasteiger partial charge on any atom is -0.334 e. The van der Waals surface area contributed by atoms with E-state index in [0.717, 1.165) is 27.8 Å². The topological polar surface area (TPSA) is 41.1 Å². The second kappa shape index (κ2) is 7.75. The Bertz CT molecular complexity index is 1070. The smallest absolute Gasteiger partial charge is 0.319 e. The molecule has 0 aliphatic heterocycles. The van der Waals surface area contributed by atoms with Gasteiger partial charge < -0.3 is 10.6 Å². The molecule has 0 aliphatic carbocycles. The van der Waals surface area contributed by atoms with Gasteiger partial charge in [0.05, 0.1) is 5.69 Å². The Labute approximate surface area is 158 Å². The van der Waals surface area contributed by atoms with E-state index in [1.54, 1.807) is 0 Å². The lowest BCUT2D eigenvalue weighted by atomic mass is 10.0. The maximum Gasteiger partial charge on any atom is 0.319 e. The van der Waals surface area contributed by atoms with Crippen LogP contribution in [0.3, 0.4) is 0 Å². The van der Waals surface area contributed by atoms with Crippen molar-refractivity contribution in [2.45, 2.75) is 6.54 Å². The third-order valence-corrected chi connectivity index (χ3v) is 4.58. The van der Waals surface area contributed by atoms with Gasteiger partial charge in [0.15, 0.2) is 0 Å². The Hall–Kier alpha value is -3.59. The van der Waals surface area contributed by atoms with Crippen LogP contribution < -0.4 is 10.6 Å². The molecule has 0 spiro atoms. The summed E-state index contributed by atoms with van der Waals surface area (Å²) in [5, 5.41) is 8.28. The Kier molecular flexibility index (Phi) is 4.84. The van der Waals surface area contributed by atoms with Crippen LogP contribution in [0.15, 0.2) is 97.1 Å². The molecule has 0 saturated carbocycles. The molecule has 3 heteroatoms. The Morgan fingerprint density at radius 1 is 0.704 bits per heavy atom. The van der Waals surface area contributed by atoms with Gasteiger partial charge in [0.1, 0.15) is 0 Å².